The van der Waals surface area contributed by atoms with Gasteiger partial charge in [0.15, 0.2) is 6.10 Å². The zero-order valence-corrected chi connectivity index (χ0v) is 52.8. The SMILES string of the molecule is CC/C=C\C/C=C\C/C=C\C/C=C\C/C=C\C/C=C\C/C=C\C/C=C\CCCCC(=O)OCC(COC(=O)CCCCCCCCCCC)OC(=O)CCCCCCCCCCCCCCCCCCCCCCCCCCCC. The van der Waals surface area contributed by atoms with Gasteiger partial charge in [-0.1, -0.05) is 330 Å². The number of ether oxygens (including phenoxy) is 3. The van der Waals surface area contributed by atoms with E-state index in [4.69, 9.17) is 14.2 Å². The first-order valence-corrected chi connectivity index (χ1v) is 34.2. The standard InChI is InChI=1S/C74H128O6/c1-4-7-10-13-16-19-21-23-25-27-29-31-33-35-37-39-40-42-44-46-48-50-52-55-58-61-64-67-73(76)79-70-71(69-78-72(75)66-63-60-57-54-18-15-12-9-6-3)80-74(77)68-65-62-59-56-53-51-49-47-45-43-41-38-36-34-32-30-28-26-24-22-20-17-14-11-8-5-2/h7,10,16,19,23,25,29,31,35,37,40,42,46,48,52,55,71H,4-6,8-9,11-15,17-18,20-22,24,26-28,30,32-34,36,38-39,41,43-45,47,49-51,53-54,56-70H2,1-3H3/b10-7-,19-16-,25-23-,31-29-,37-35-,42-40-,48-46-,55-52-. The number of carbonyl (C=O) groups excluding carboxylic acids is 3. The summed E-state index contributed by atoms with van der Waals surface area (Å²) in [5.41, 5.74) is 0. The number of esters is 3. The van der Waals surface area contributed by atoms with Gasteiger partial charge in [-0.05, 0) is 83.5 Å². The van der Waals surface area contributed by atoms with E-state index in [9.17, 15) is 14.4 Å². The molecule has 0 radical (unpaired) electrons. The molecule has 0 N–H and O–H groups in total. The number of carbonyl (C=O) groups is 3. The molecule has 0 rings (SSSR count). The van der Waals surface area contributed by atoms with Crippen molar-refractivity contribution in [1.29, 1.82) is 0 Å². The number of hydrogen-bond acceptors (Lipinski definition) is 6. The summed E-state index contributed by atoms with van der Waals surface area (Å²) in [6.45, 7) is 6.51. The van der Waals surface area contributed by atoms with E-state index in [1.54, 1.807) is 0 Å². The van der Waals surface area contributed by atoms with Gasteiger partial charge in [-0.3, -0.25) is 14.4 Å². The molecule has 0 aliphatic rings. The predicted octanol–water partition coefficient (Wildman–Crippen LogP) is 23.6. The van der Waals surface area contributed by atoms with Crippen LogP contribution in [0.2, 0.25) is 0 Å². The lowest BCUT2D eigenvalue weighted by Gasteiger charge is -2.18. The number of unbranched alkanes of at least 4 members (excludes halogenated alkanes) is 35. The zero-order chi connectivity index (χ0) is 57.8. The Morgan fingerprint density at radius 3 is 0.762 bits per heavy atom. The lowest BCUT2D eigenvalue weighted by atomic mass is 10.0. The molecule has 80 heavy (non-hydrogen) atoms. The van der Waals surface area contributed by atoms with E-state index in [2.05, 4.69) is 118 Å². The Morgan fingerprint density at radius 1 is 0.263 bits per heavy atom. The molecular formula is C74H128O6. The Kier molecular flexibility index (Phi) is 64.7. The van der Waals surface area contributed by atoms with Gasteiger partial charge in [-0.15, -0.1) is 0 Å². The third-order valence-electron chi connectivity index (χ3n) is 14.9. The molecule has 0 aromatic carbocycles. The highest BCUT2D eigenvalue weighted by Crippen LogP contribution is 2.18. The highest BCUT2D eigenvalue weighted by atomic mass is 16.6. The van der Waals surface area contributed by atoms with Crippen molar-refractivity contribution < 1.29 is 28.6 Å². The van der Waals surface area contributed by atoms with E-state index in [-0.39, 0.29) is 31.1 Å². The van der Waals surface area contributed by atoms with Crippen molar-refractivity contribution in [2.45, 2.75) is 341 Å². The smallest absolute Gasteiger partial charge is 0.306 e. The lowest BCUT2D eigenvalue weighted by Crippen LogP contribution is -2.30. The third-order valence-corrected chi connectivity index (χ3v) is 14.9. The molecule has 460 valence electrons. The third kappa shape index (κ3) is 65.1. The highest BCUT2D eigenvalue weighted by molar-refractivity contribution is 5.71. The van der Waals surface area contributed by atoms with Crippen LogP contribution in [-0.2, 0) is 28.6 Å². The minimum atomic E-state index is -0.794. The maximum atomic E-state index is 12.9. The van der Waals surface area contributed by atoms with Gasteiger partial charge in [-0.2, -0.15) is 0 Å². The maximum absolute atomic E-state index is 12.9. The van der Waals surface area contributed by atoms with Gasteiger partial charge in [0.1, 0.15) is 13.2 Å². The van der Waals surface area contributed by atoms with Crippen LogP contribution in [0.25, 0.3) is 0 Å². The van der Waals surface area contributed by atoms with Gasteiger partial charge in [0.05, 0.1) is 0 Å². The summed E-state index contributed by atoms with van der Waals surface area (Å²) in [7, 11) is 0. The summed E-state index contributed by atoms with van der Waals surface area (Å²) >= 11 is 0. The van der Waals surface area contributed by atoms with Gasteiger partial charge in [-0.25, -0.2) is 0 Å². The Hall–Kier alpha value is -3.67. The predicted molar refractivity (Wildman–Crippen MR) is 348 cm³/mol. The monoisotopic (exact) mass is 1110 g/mol. The number of hydrogen-bond donors (Lipinski definition) is 0. The van der Waals surface area contributed by atoms with Crippen molar-refractivity contribution in [3.63, 3.8) is 0 Å². The number of rotatable bonds is 62. The second-order valence-electron chi connectivity index (χ2n) is 22.7. The Balaban J connectivity index is 4.25. The van der Waals surface area contributed by atoms with E-state index in [0.29, 0.717) is 19.3 Å². The van der Waals surface area contributed by atoms with E-state index < -0.39 is 6.10 Å². The Bertz CT molecular complexity index is 1560. The van der Waals surface area contributed by atoms with Gasteiger partial charge in [0.2, 0.25) is 0 Å². The first-order chi connectivity index (χ1) is 39.5. The van der Waals surface area contributed by atoms with Crippen molar-refractivity contribution in [2.75, 3.05) is 13.2 Å². The second-order valence-corrected chi connectivity index (χ2v) is 22.7. The molecule has 0 fully saturated rings. The Morgan fingerprint density at radius 2 is 0.487 bits per heavy atom. The highest BCUT2D eigenvalue weighted by Gasteiger charge is 2.19. The molecule has 6 heteroatoms. The van der Waals surface area contributed by atoms with E-state index >= 15 is 0 Å². The first kappa shape index (κ1) is 76.3. The average Bonchev–Trinajstić information content (AvgIpc) is 3.46. The van der Waals surface area contributed by atoms with Crippen molar-refractivity contribution in [1.82, 2.24) is 0 Å². The normalized spacial score (nSPS) is 12.7. The molecule has 0 aromatic heterocycles. The van der Waals surface area contributed by atoms with Crippen molar-refractivity contribution >= 4 is 17.9 Å². The largest absolute Gasteiger partial charge is 0.462 e. The fourth-order valence-electron chi connectivity index (χ4n) is 9.76. The maximum Gasteiger partial charge on any atom is 0.306 e. The van der Waals surface area contributed by atoms with Crippen LogP contribution in [0.5, 0.6) is 0 Å². The minimum Gasteiger partial charge on any atom is -0.462 e. The molecule has 1 atom stereocenters. The molecule has 0 aliphatic carbocycles. The van der Waals surface area contributed by atoms with Gasteiger partial charge < -0.3 is 14.2 Å². The van der Waals surface area contributed by atoms with Crippen LogP contribution < -0.4 is 0 Å². The van der Waals surface area contributed by atoms with Crippen molar-refractivity contribution in [3.8, 4) is 0 Å². The van der Waals surface area contributed by atoms with Gasteiger partial charge in [0, 0.05) is 19.3 Å². The van der Waals surface area contributed by atoms with Crippen LogP contribution in [-0.4, -0.2) is 37.2 Å². The zero-order valence-electron chi connectivity index (χ0n) is 52.8. The van der Waals surface area contributed by atoms with Crippen LogP contribution in [0.1, 0.15) is 335 Å². The molecule has 0 heterocycles. The molecule has 0 saturated heterocycles. The molecular weight excluding hydrogens is 985 g/mol. The van der Waals surface area contributed by atoms with Crippen LogP contribution in [0.15, 0.2) is 97.2 Å². The number of allylic oxidation sites excluding steroid dienone is 16. The summed E-state index contributed by atoms with van der Waals surface area (Å²) in [6.07, 6.45) is 91.6. The second kappa shape index (κ2) is 67.8. The van der Waals surface area contributed by atoms with E-state index in [1.165, 1.54) is 186 Å². The summed E-state index contributed by atoms with van der Waals surface area (Å²) in [5, 5.41) is 0. The van der Waals surface area contributed by atoms with Gasteiger partial charge in [0.25, 0.3) is 0 Å². The molecule has 0 aromatic rings. The van der Waals surface area contributed by atoms with Gasteiger partial charge >= 0.3 is 17.9 Å². The van der Waals surface area contributed by atoms with Crippen LogP contribution in [0.3, 0.4) is 0 Å². The molecule has 0 aliphatic heterocycles. The quantitative estimate of drug-likeness (QED) is 0.0261. The van der Waals surface area contributed by atoms with Crippen molar-refractivity contribution in [3.05, 3.63) is 97.2 Å². The fraction of sp³-hybridized carbons (Fsp3) is 0.743. The molecule has 0 amide bonds. The summed E-state index contributed by atoms with van der Waals surface area (Å²) in [6, 6.07) is 0. The topological polar surface area (TPSA) is 78.9 Å². The van der Waals surface area contributed by atoms with Crippen LogP contribution in [0, 0.1) is 0 Å². The molecule has 0 saturated carbocycles. The lowest BCUT2D eigenvalue weighted by molar-refractivity contribution is -0.167. The summed E-state index contributed by atoms with van der Waals surface area (Å²) in [5.74, 6) is -0.923. The molecule has 0 bridgehead atoms. The summed E-state index contributed by atoms with van der Waals surface area (Å²) in [4.78, 5) is 38.2. The summed E-state index contributed by atoms with van der Waals surface area (Å²) < 4.78 is 16.9. The molecule has 1 unspecified atom stereocenters. The van der Waals surface area contributed by atoms with Crippen molar-refractivity contribution in [2.24, 2.45) is 0 Å². The fourth-order valence-corrected chi connectivity index (χ4v) is 9.76. The average molecular weight is 1110 g/mol. The minimum absolute atomic E-state index is 0.0879. The van der Waals surface area contributed by atoms with Crippen LogP contribution in [0.4, 0.5) is 0 Å². The molecule has 0 spiro atoms. The van der Waals surface area contributed by atoms with E-state index in [1.807, 2.05) is 0 Å². The molecule has 6 nitrogen and oxygen atoms in total. The van der Waals surface area contributed by atoms with Crippen LogP contribution >= 0.6 is 0 Å². The first-order valence-electron chi connectivity index (χ1n) is 34.2. The Labute approximate surface area is 496 Å². The van der Waals surface area contributed by atoms with E-state index in [0.717, 1.165) is 109 Å².